The number of hydrogen-bond acceptors (Lipinski definition) is 3. The lowest BCUT2D eigenvalue weighted by Crippen LogP contribution is -2.12. The molecular formula is C20H18N2O2. The minimum Gasteiger partial charge on any atom is -0.489 e. The van der Waals surface area contributed by atoms with Gasteiger partial charge in [-0.25, -0.2) is 0 Å². The van der Waals surface area contributed by atoms with Crippen LogP contribution in [0.5, 0.6) is 5.75 Å². The van der Waals surface area contributed by atoms with Gasteiger partial charge in [-0.3, -0.25) is 4.79 Å². The highest BCUT2D eigenvalue weighted by Crippen LogP contribution is 2.28. The van der Waals surface area contributed by atoms with Gasteiger partial charge in [0.2, 0.25) is 5.91 Å². The smallest absolute Gasteiger partial charge is 0.249 e. The van der Waals surface area contributed by atoms with Crippen molar-refractivity contribution in [2.45, 2.75) is 6.61 Å². The van der Waals surface area contributed by atoms with Gasteiger partial charge in [0.1, 0.15) is 12.4 Å². The lowest BCUT2D eigenvalue weighted by atomic mass is 9.98. The maximum absolute atomic E-state index is 11.8. The van der Waals surface area contributed by atoms with Gasteiger partial charge in [0.25, 0.3) is 0 Å². The van der Waals surface area contributed by atoms with E-state index in [2.05, 4.69) is 0 Å². The third-order valence-corrected chi connectivity index (χ3v) is 3.70. The summed E-state index contributed by atoms with van der Waals surface area (Å²) in [6.07, 6.45) is 0. The number of primary amides is 1. The van der Waals surface area contributed by atoms with Gasteiger partial charge in [0, 0.05) is 5.69 Å². The highest BCUT2D eigenvalue weighted by Gasteiger charge is 2.12. The number of benzene rings is 3. The van der Waals surface area contributed by atoms with E-state index in [0.717, 1.165) is 16.7 Å². The largest absolute Gasteiger partial charge is 0.489 e. The van der Waals surface area contributed by atoms with E-state index >= 15 is 0 Å². The van der Waals surface area contributed by atoms with Crippen molar-refractivity contribution in [1.82, 2.24) is 0 Å². The van der Waals surface area contributed by atoms with Crippen molar-refractivity contribution in [3.8, 4) is 16.9 Å². The number of anilines is 1. The number of amides is 1. The maximum Gasteiger partial charge on any atom is 0.249 e. The van der Waals surface area contributed by atoms with Gasteiger partial charge >= 0.3 is 0 Å². The van der Waals surface area contributed by atoms with Gasteiger partial charge in [-0.15, -0.1) is 0 Å². The van der Waals surface area contributed by atoms with Crippen LogP contribution in [0.2, 0.25) is 0 Å². The number of carbonyl (C=O) groups excluding carboxylic acids is 1. The summed E-state index contributed by atoms with van der Waals surface area (Å²) >= 11 is 0. The van der Waals surface area contributed by atoms with Crippen molar-refractivity contribution in [3.63, 3.8) is 0 Å². The van der Waals surface area contributed by atoms with Gasteiger partial charge in [-0.05, 0) is 47.0 Å². The summed E-state index contributed by atoms with van der Waals surface area (Å²) in [5.74, 6) is 0.0953. The molecular weight excluding hydrogens is 300 g/mol. The average Bonchev–Trinajstić information content (AvgIpc) is 2.60. The zero-order chi connectivity index (χ0) is 16.9. The summed E-state index contributed by atoms with van der Waals surface area (Å²) in [5.41, 5.74) is 15.0. The molecule has 0 spiro atoms. The molecule has 4 nitrogen and oxygen atoms in total. The number of nitrogens with two attached hydrogens (primary N) is 2. The molecule has 0 radical (unpaired) electrons. The van der Waals surface area contributed by atoms with Crippen LogP contribution in [0, 0.1) is 0 Å². The van der Waals surface area contributed by atoms with E-state index in [9.17, 15) is 4.79 Å². The first-order valence-electron chi connectivity index (χ1n) is 7.60. The zero-order valence-electron chi connectivity index (χ0n) is 13.1. The molecule has 24 heavy (non-hydrogen) atoms. The number of rotatable bonds is 5. The molecule has 120 valence electrons. The summed E-state index contributed by atoms with van der Waals surface area (Å²) in [6.45, 7) is 0.427. The van der Waals surface area contributed by atoms with E-state index in [0.29, 0.717) is 23.6 Å². The van der Waals surface area contributed by atoms with E-state index < -0.39 is 5.91 Å². The molecule has 4 N–H and O–H groups in total. The van der Waals surface area contributed by atoms with Crippen LogP contribution in [-0.4, -0.2) is 5.91 Å². The van der Waals surface area contributed by atoms with Crippen LogP contribution >= 0.6 is 0 Å². The van der Waals surface area contributed by atoms with Crippen molar-refractivity contribution in [3.05, 3.63) is 83.9 Å². The van der Waals surface area contributed by atoms with Crippen molar-refractivity contribution < 1.29 is 9.53 Å². The second kappa shape index (κ2) is 6.87. The number of carbonyl (C=O) groups is 1. The molecule has 0 saturated carbocycles. The molecule has 0 aliphatic rings. The molecule has 3 aromatic rings. The van der Waals surface area contributed by atoms with Gasteiger partial charge in [-0.2, -0.15) is 0 Å². The molecule has 0 aliphatic carbocycles. The third kappa shape index (κ3) is 3.55. The molecule has 3 aromatic carbocycles. The van der Waals surface area contributed by atoms with Crippen LogP contribution in [0.1, 0.15) is 15.9 Å². The highest BCUT2D eigenvalue weighted by atomic mass is 16.5. The molecule has 0 heterocycles. The Hall–Kier alpha value is -3.27. The molecule has 0 aromatic heterocycles. The van der Waals surface area contributed by atoms with Crippen LogP contribution in [-0.2, 0) is 6.61 Å². The zero-order valence-corrected chi connectivity index (χ0v) is 13.1. The van der Waals surface area contributed by atoms with Crippen LogP contribution in [0.4, 0.5) is 5.69 Å². The van der Waals surface area contributed by atoms with Crippen molar-refractivity contribution in [2.24, 2.45) is 5.73 Å². The van der Waals surface area contributed by atoms with Crippen molar-refractivity contribution >= 4 is 11.6 Å². The molecule has 0 aliphatic heterocycles. The molecule has 3 rings (SSSR count). The van der Waals surface area contributed by atoms with Crippen LogP contribution < -0.4 is 16.2 Å². The van der Waals surface area contributed by atoms with Gasteiger partial charge in [0.15, 0.2) is 0 Å². The monoisotopic (exact) mass is 318 g/mol. The van der Waals surface area contributed by atoms with E-state index in [-0.39, 0.29) is 0 Å². The molecule has 0 atom stereocenters. The third-order valence-electron chi connectivity index (χ3n) is 3.70. The summed E-state index contributed by atoms with van der Waals surface area (Å²) in [6, 6.07) is 22.5. The Balaban J connectivity index is 1.89. The average molecular weight is 318 g/mol. The SMILES string of the molecule is NC(=O)c1cc(OCc2ccccc2)ccc1-c1cccc(N)c1. The quantitative estimate of drug-likeness (QED) is 0.705. The topological polar surface area (TPSA) is 78.3 Å². The molecule has 0 fully saturated rings. The first kappa shape index (κ1) is 15.6. The first-order chi connectivity index (χ1) is 11.6. The standard InChI is InChI=1S/C20H18N2O2/c21-16-8-4-7-15(11-16)18-10-9-17(12-19(18)20(22)23)24-13-14-5-2-1-3-6-14/h1-12H,13,21H2,(H2,22,23). The minimum atomic E-state index is -0.502. The molecule has 1 amide bonds. The van der Waals surface area contributed by atoms with Crippen LogP contribution in [0.3, 0.4) is 0 Å². The van der Waals surface area contributed by atoms with E-state index in [1.807, 2.05) is 60.7 Å². The molecule has 0 saturated heterocycles. The number of hydrogen-bond donors (Lipinski definition) is 2. The summed E-state index contributed by atoms with van der Waals surface area (Å²) in [5, 5.41) is 0. The Kier molecular flexibility index (Phi) is 4.47. The van der Waals surface area contributed by atoms with E-state index in [1.165, 1.54) is 0 Å². The Morgan fingerprint density at radius 1 is 0.917 bits per heavy atom. The Bertz CT molecular complexity index is 861. The minimum absolute atomic E-state index is 0.408. The predicted molar refractivity (Wildman–Crippen MR) is 95.6 cm³/mol. The summed E-state index contributed by atoms with van der Waals surface area (Å²) in [7, 11) is 0. The highest BCUT2D eigenvalue weighted by molar-refractivity contribution is 6.00. The lowest BCUT2D eigenvalue weighted by Gasteiger charge is -2.12. The fourth-order valence-electron chi connectivity index (χ4n) is 2.52. The Labute approximate surface area is 140 Å². The molecule has 0 unspecified atom stereocenters. The fraction of sp³-hybridized carbons (Fsp3) is 0.0500. The molecule has 0 bridgehead atoms. The Morgan fingerprint density at radius 2 is 1.71 bits per heavy atom. The number of ether oxygens (including phenoxy) is 1. The first-order valence-corrected chi connectivity index (χ1v) is 7.60. The van der Waals surface area contributed by atoms with Gasteiger partial charge in [0.05, 0.1) is 5.56 Å². The summed E-state index contributed by atoms with van der Waals surface area (Å²) in [4.78, 5) is 11.8. The molecule has 4 heteroatoms. The summed E-state index contributed by atoms with van der Waals surface area (Å²) < 4.78 is 5.77. The second-order valence-electron chi connectivity index (χ2n) is 5.47. The lowest BCUT2D eigenvalue weighted by molar-refractivity contribution is 0.100. The van der Waals surface area contributed by atoms with Gasteiger partial charge < -0.3 is 16.2 Å². The van der Waals surface area contributed by atoms with Crippen LogP contribution in [0.15, 0.2) is 72.8 Å². The predicted octanol–water partition coefficient (Wildman–Crippen LogP) is 3.61. The van der Waals surface area contributed by atoms with Crippen LogP contribution in [0.25, 0.3) is 11.1 Å². The van der Waals surface area contributed by atoms with Gasteiger partial charge in [-0.1, -0.05) is 42.5 Å². The Morgan fingerprint density at radius 3 is 2.42 bits per heavy atom. The van der Waals surface area contributed by atoms with E-state index in [1.54, 1.807) is 12.1 Å². The number of nitrogen functional groups attached to an aromatic ring is 1. The van der Waals surface area contributed by atoms with Crippen molar-refractivity contribution in [2.75, 3.05) is 5.73 Å². The van der Waals surface area contributed by atoms with Crippen molar-refractivity contribution in [1.29, 1.82) is 0 Å². The fourth-order valence-corrected chi connectivity index (χ4v) is 2.52. The maximum atomic E-state index is 11.8. The normalized spacial score (nSPS) is 10.3. The van der Waals surface area contributed by atoms with E-state index in [4.69, 9.17) is 16.2 Å². The second-order valence-corrected chi connectivity index (χ2v) is 5.47.